The van der Waals surface area contributed by atoms with Gasteiger partial charge in [-0.15, -0.1) is 0 Å². The summed E-state index contributed by atoms with van der Waals surface area (Å²) < 4.78 is 7.39. The zero-order chi connectivity index (χ0) is 18.3. The molecular weight excluding hydrogens is 328 g/mol. The van der Waals surface area contributed by atoms with E-state index in [1.54, 1.807) is 0 Å². The summed E-state index contributed by atoms with van der Waals surface area (Å²) in [6.07, 6.45) is 3.13. The fraction of sp³-hybridized carbons (Fsp3) is 0.500. The Labute approximate surface area is 154 Å². The van der Waals surface area contributed by atoms with Gasteiger partial charge in [0.05, 0.1) is 19.9 Å². The maximum atomic E-state index is 13.0. The Bertz CT molecular complexity index is 855. The molecule has 6 heteroatoms. The number of nitrogens with zero attached hydrogens (tertiary/aromatic N) is 4. The second-order valence-electron chi connectivity index (χ2n) is 7.02. The fourth-order valence-corrected chi connectivity index (χ4v) is 3.65. The number of ether oxygens (including phenoxy) is 1. The monoisotopic (exact) mass is 354 g/mol. The number of hydrogen-bond donors (Lipinski definition) is 0. The molecule has 0 radical (unpaired) electrons. The lowest BCUT2D eigenvalue weighted by atomic mass is 10.2. The zero-order valence-corrected chi connectivity index (χ0v) is 15.7. The largest absolute Gasteiger partial charge is 0.494 e. The molecule has 0 saturated heterocycles. The number of benzene rings is 1. The van der Waals surface area contributed by atoms with E-state index in [-0.39, 0.29) is 5.56 Å². The van der Waals surface area contributed by atoms with Crippen LogP contribution in [0.2, 0.25) is 0 Å². The van der Waals surface area contributed by atoms with E-state index in [2.05, 4.69) is 9.80 Å². The van der Waals surface area contributed by atoms with Crippen LogP contribution >= 0.6 is 0 Å². The predicted octanol–water partition coefficient (Wildman–Crippen LogP) is 3.04. The molecule has 1 aromatic carbocycles. The van der Waals surface area contributed by atoms with E-state index < -0.39 is 0 Å². The Morgan fingerprint density at radius 1 is 1.15 bits per heavy atom. The van der Waals surface area contributed by atoms with Gasteiger partial charge in [0, 0.05) is 23.0 Å². The van der Waals surface area contributed by atoms with Crippen LogP contribution in [-0.2, 0) is 13.1 Å². The highest BCUT2D eigenvalue weighted by atomic mass is 16.5. The van der Waals surface area contributed by atoms with Gasteiger partial charge in [-0.3, -0.25) is 19.2 Å². The number of rotatable bonds is 5. The predicted molar refractivity (Wildman–Crippen MR) is 102 cm³/mol. The molecule has 0 unspecified atom stereocenters. The third-order valence-corrected chi connectivity index (χ3v) is 5.21. The highest BCUT2D eigenvalue weighted by Gasteiger charge is 2.35. The van der Waals surface area contributed by atoms with Crippen molar-refractivity contribution in [3.8, 4) is 5.75 Å². The van der Waals surface area contributed by atoms with Crippen LogP contribution in [0, 0.1) is 6.92 Å². The third-order valence-electron chi connectivity index (χ3n) is 5.21. The summed E-state index contributed by atoms with van der Waals surface area (Å²) in [5.41, 5.74) is 2.77. The minimum absolute atomic E-state index is 0.0938. The van der Waals surface area contributed by atoms with E-state index in [0.29, 0.717) is 25.7 Å². The summed E-state index contributed by atoms with van der Waals surface area (Å²) in [5.74, 6) is 1.60. The zero-order valence-electron chi connectivity index (χ0n) is 15.7. The van der Waals surface area contributed by atoms with Gasteiger partial charge in [0.2, 0.25) is 5.95 Å². The topological polar surface area (TPSA) is 50.6 Å². The molecule has 2 aliphatic rings. The molecule has 1 fully saturated rings. The molecule has 138 valence electrons. The summed E-state index contributed by atoms with van der Waals surface area (Å²) >= 11 is 0. The van der Waals surface area contributed by atoms with Gasteiger partial charge in [-0.05, 0) is 57.4 Å². The van der Waals surface area contributed by atoms with Gasteiger partial charge in [0.25, 0.3) is 5.56 Å². The minimum Gasteiger partial charge on any atom is -0.494 e. The molecule has 1 saturated carbocycles. The molecule has 1 aliphatic carbocycles. The molecule has 2 aromatic rings. The van der Waals surface area contributed by atoms with E-state index in [9.17, 15) is 4.79 Å². The molecule has 0 spiro atoms. The van der Waals surface area contributed by atoms with Crippen LogP contribution < -0.4 is 15.2 Å². The van der Waals surface area contributed by atoms with Crippen LogP contribution in [0.3, 0.4) is 0 Å². The SMILES string of the molecule is CCOc1ccc(N2CN(C3CC3)Cn3c2nc(C)c(CC)c3=O)cc1. The van der Waals surface area contributed by atoms with Crippen molar-refractivity contribution >= 4 is 11.6 Å². The van der Waals surface area contributed by atoms with Crippen molar-refractivity contribution in [3.05, 3.63) is 45.9 Å². The van der Waals surface area contributed by atoms with Gasteiger partial charge in [-0.1, -0.05) is 6.92 Å². The normalized spacial score (nSPS) is 17.3. The quantitative estimate of drug-likeness (QED) is 0.826. The first kappa shape index (κ1) is 17.1. The molecule has 26 heavy (non-hydrogen) atoms. The first-order valence-electron chi connectivity index (χ1n) is 9.47. The molecule has 1 aromatic heterocycles. The van der Waals surface area contributed by atoms with Crippen molar-refractivity contribution in [1.82, 2.24) is 14.5 Å². The van der Waals surface area contributed by atoms with Gasteiger partial charge in [0.15, 0.2) is 0 Å². The molecule has 1 aliphatic heterocycles. The fourth-order valence-electron chi connectivity index (χ4n) is 3.65. The molecule has 0 atom stereocenters. The highest BCUT2D eigenvalue weighted by molar-refractivity contribution is 5.59. The van der Waals surface area contributed by atoms with Gasteiger partial charge in [-0.25, -0.2) is 4.98 Å². The van der Waals surface area contributed by atoms with Crippen LogP contribution in [0.15, 0.2) is 29.1 Å². The number of hydrogen-bond acceptors (Lipinski definition) is 5. The van der Waals surface area contributed by atoms with E-state index >= 15 is 0 Å². The molecule has 4 rings (SSSR count). The van der Waals surface area contributed by atoms with Crippen LogP contribution in [0.25, 0.3) is 0 Å². The maximum Gasteiger partial charge on any atom is 0.259 e. The van der Waals surface area contributed by atoms with Crippen LogP contribution in [0.5, 0.6) is 5.75 Å². The molecule has 0 amide bonds. The summed E-state index contributed by atoms with van der Waals surface area (Å²) in [6, 6.07) is 8.61. The second kappa shape index (κ2) is 6.76. The lowest BCUT2D eigenvalue weighted by molar-refractivity contribution is 0.188. The molecule has 0 N–H and O–H groups in total. The third kappa shape index (κ3) is 2.98. The smallest absolute Gasteiger partial charge is 0.259 e. The summed E-state index contributed by atoms with van der Waals surface area (Å²) in [6.45, 7) is 7.97. The Hall–Kier alpha value is -2.34. The van der Waals surface area contributed by atoms with Gasteiger partial charge in [-0.2, -0.15) is 0 Å². The average Bonchev–Trinajstić information content (AvgIpc) is 3.48. The lowest BCUT2D eigenvalue weighted by Gasteiger charge is -2.38. The Morgan fingerprint density at radius 2 is 1.88 bits per heavy atom. The molecule has 2 heterocycles. The summed E-state index contributed by atoms with van der Waals surface area (Å²) in [7, 11) is 0. The first-order valence-corrected chi connectivity index (χ1v) is 9.47. The molecular formula is C20H26N4O2. The van der Waals surface area contributed by atoms with Crippen molar-refractivity contribution < 1.29 is 4.74 Å². The molecule has 6 nitrogen and oxygen atoms in total. The number of aryl methyl sites for hydroxylation is 1. The Balaban J connectivity index is 1.78. The van der Waals surface area contributed by atoms with Crippen molar-refractivity contribution in [2.45, 2.75) is 52.7 Å². The van der Waals surface area contributed by atoms with Crippen molar-refractivity contribution in [2.75, 3.05) is 18.2 Å². The van der Waals surface area contributed by atoms with Gasteiger partial charge < -0.3 is 4.74 Å². The van der Waals surface area contributed by atoms with E-state index in [0.717, 1.165) is 35.3 Å². The summed E-state index contributed by atoms with van der Waals surface area (Å²) in [4.78, 5) is 22.3. The number of anilines is 2. The Morgan fingerprint density at radius 3 is 2.50 bits per heavy atom. The van der Waals surface area contributed by atoms with Gasteiger partial charge in [0.1, 0.15) is 5.75 Å². The first-order chi connectivity index (χ1) is 12.6. The summed E-state index contributed by atoms with van der Waals surface area (Å²) in [5, 5.41) is 0. The van der Waals surface area contributed by atoms with E-state index in [1.165, 1.54) is 12.8 Å². The lowest BCUT2D eigenvalue weighted by Crippen LogP contribution is -2.48. The van der Waals surface area contributed by atoms with Crippen molar-refractivity contribution in [2.24, 2.45) is 0 Å². The maximum absolute atomic E-state index is 13.0. The van der Waals surface area contributed by atoms with Gasteiger partial charge >= 0.3 is 0 Å². The Kier molecular flexibility index (Phi) is 4.44. The highest BCUT2D eigenvalue weighted by Crippen LogP contribution is 2.34. The van der Waals surface area contributed by atoms with E-state index in [4.69, 9.17) is 9.72 Å². The second-order valence-corrected chi connectivity index (χ2v) is 7.02. The van der Waals surface area contributed by atoms with Crippen molar-refractivity contribution in [1.29, 1.82) is 0 Å². The standard InChI is InChI=1S/C20H26N4O2/c1-4-18-14(3)21-20-23(16-8-10-17(11-9-16)26-5-2)12-22(15-6-7-15)13-24(20)19(18)25/h8-11,15H,4-7,12-13H2,1-3H3. The average molecular weight is 354 g/mol. The molecule has 0 bridgehead atoms. The van der Waals surface area contributed by atoms with Crippen LogP contribution in [0.1, 0.15) is 37.9 Å². The minimum atomic E-state index is 0.0938. The van der Waals surface area contributed by atoms with Crippen molar-refractivity contribution in [3.63, 3.8) is 0 Å². The van der Waals surface area contributed by atoms with Crippen LogP contribution in [0.4, 0.5) is 11.6 Å². The number of aromatic nitrogens is 2. The van der Waals surface area contributed by atoms with E-state index in [1.807, 2.05) is 49.6 Å². The number of fused-ring (bicyclic) bond motifs is 1. The van der Waals surface area contributed by atoms with Crippen LogP contribution in [-0.4, -0.2) is 33.8 Å².